The number of nitrogens with zero attached hydrogens (tertiary/aromatic N) is 4. The molecule has 28 heavy (non-hydrogen) atoms. The number of aromatic nitrogens is 1. The van der Waals surface area contributed by atoms with E-state index in [4.69, 9.17) is 0 Å². The second-order valence-electron chi connectivity index (χ2n) is 8.08. The predicted octanol–water partition coefficient (Wildman–Crippen LogP) is 1.08. The fourth-order valence-corrected chi connectivity index (χ4v) is 4.13. The summed E-state index contributed by atoms with van der Waals surface area (Å²) in [5.41, 5.74) is 1.01. The molecule has 2 fully saturated rings. The first-order valence-corrected chi connectivity index (χ1v) is 9.78. The SMILES string of the molecule is CN(C)C(=O)NCC(=O)N1CCC[C@]2(CCC(=O)N(Cc3ccncc3)C2)C1. The Bertz CT molecular complexity index is 724. The maximum atomic E-state index is 12.6. The van der Waals surface area contributed by atoms with Crippen molar-refractivity contribution < 1.29 is 14.4 Å². The van der Waals surface area contributed by atoms with Gasteiger partial charge in [-0.1, -0.05) is 0 Å². The molecule has 1 N–H and O–H groups in total. The summed E-state index contributed by atoms with van der Waals surface area (Å²) in [6.45, 7) is 2.60. The molecule has 2 saturated heterocycles. The van der Waals surface area contributed by atoms with Crippen molar-refractivity contribution in [2.75, 3.05) is 40.3 Å². The molecule has 0 aliphatic carbocycles. The zero-order chi connectivity index (χ0) is 20.1. The molecule has 1 atom stereocenters. The van der Waals surface area contributed by atoms with E-state index in [2.05, 4.69) is 10.3 Å². The first kappa shape index (κ1) is 20.1. The Hall–Kier alpha value is -2.64. The highest BCUT2D eigenvalue weighted by atomic mass is 16.2. The zero-order valence-corrected chi connectivity index (χ0v) is 16.7. The Kier molecular flexibility index (Phi) is 6.16. The molecule has 3 rings (SSSR count). The van der Waals surface area contributed by atoms with Gasteiger partial charge in [0.1, 0.15) is 0 Å². The highest BCUT2D eigenvalue weighted by molar-refractivity contribution is 5.84. The highest BCUT2D eigenvalue weighted by Gasteiger charge is 2.42. The summed E-state index contributed by atoms with van der Waals surface area (Å²) in [6.07, 6.45) is 6.74. The summed E-state index contributed by atoms with van der Waals surface area (Å²) in [5.74, 6) is 0.107. The molecule has 8 nitrogen and oxygen atoms in total. The number of hydrogen-bond acceptors (Lipinski definition) is 4. The van der Waals surface area contributed by atoms with E-state index in [1.54, 1.807) is 26.5 Å². The van der Waals surface area contributed by atoms with E-state index in [0.29, 0.717) is 32.6 Å². The van der Waals surface area contributed by atoms with Crippen LogP contribution < -0.4 is 5.32 Å². The molecule has 152 valence electrons. The van der Waals surface area contributed by atoms with Crippen molar-refractivity contribution in [2.24, 2.45) is 5.41 Å². The van der Waals surface area contributed by atoms with E-state index < -0.39 is 0 Å². The Morgan fingerprint density at radius 1 is 1.21 bits per heavy atom. The number of hydrogen-bond donors (Lipinski definition) is 1. The van der Waals surface area contributed by atoms with Crippen LogP contribution in [0, 0.1) is 5.41 Å². The lowest BCUT2D eigenvalue weighted by Gasteiger charge is -2.48. The van der Waals surface area contributed by atoms with Crippen molar-refractivity contribution in [3.05, 3.63) is 30.1 Å². The third-order valence-corrected chi connectivity index (χ3v) is 5.68. The third kappa shape index (κ3) is 4.79. The summed E-state index contributed by atoms with van der Waals surface area (Å²) in [4.78, 5) is 45.9. The first-order chi connectivity index (χ1) is 13.4. The van der Waals surface area contributed by atoms with E-state index >= 15 is 0 Å². The van der Waals surface area contributed by atoms with Gasteiger partial charge in [0.05, 0.1) is 6.54 Å². The fraction of sp³-hybridized carbons (Fsp3) is 0.600. The van der Waals surface area contributed by atoms with Crippen LogP contribution in [0.4, 0.5) is 4.79 Å². The summed E-state index contributed by atoms with van der Waals surface area (Å²) < 4.78 is 0. The summed E-state index contributed by atoms with van der Waals surface area (Å²) in [6, 6.07) is 3.59. The van der Waals surface area contributed by atoms with E-state index in [9.17, 15) is 14.4 Å². The summed E-state index contributed by atoms with van der Waals surface area (Å²) in [5, 5.41) is 2.64. The van der Waals surface area contributed by atoms with E-state index in [1.807, 2.05) is 21.9 Å². The quantitative estimate of drug-likeness (QED) is 0.838. The smallest absolute Gasteiger partial charge is 0.317 e. The van der Waals surface area contributed by atoms with Crippen LogP contribution in [-0.2, 0) is 16.1 Å². The number of piperidine rings is 2. The van der Waals surface area contributed by atoms with Crippen molar-refractivity contribution in [2.45, 2.75) is 32.2 Å². The Morgan fingerprint density at radius 2 is 1.96 bits per heavy atom. The monoisotopic (exact) mass is 387 g/mol. The average molecular weight is 387 g/mol. The molecular weight excluding hydrogens is 358 g/mol. The van der Waals surface area contributed by atoms with Crippen molar-refractivity contribution in [3.8, 4) is 0 Å². The van der Waals surface area contributed by atoms with Crippen LogP contribution in [0.2, 0.25) is 0 Å². The lowest BCUT2D eigenvalue weighted by atomic mass is 9.73. The maximum absolute atomic E-state index is 12.6. The van der Waals surface area contributed by atoms with Gasteiger partial charge in [-0.3, -0.25) is 14.6 Å². The normalized spacial score (nSPS) is 22.3. The topological polar surface area (TPSA) is 85.8 Å². The molecule has 0 unspecified atom stereocenters. The lowest BCUT2D eigenvalue weighted by molar-refractivity contribution is -0.143. The number of carbonyl (C=O) groups excluding carboxylic acids is 3. The van der Waals surface area contributed by atoms with Gasteiger partial charge in [-0.2, -0.15) is 0 Å². The minimum absolute atomic E-state index is 0.00670. The average Bonchev–Trinajstić information content (AvgIpc) is 2.69. The standard InChI is InChI=1S/C20H29N5O3/c1-23(2)19(28)22-12-18(27)24-11-3-7-20(14-24)8-4-17(26)25(15-20)13-16-5-9-21-10-6-16/h5-6,9-10H,3-4,7-8,11-15H2,1-2H3,(H,22,28)/t20-/m0/s1. The molecule has 8 heteroatoms. The van der Waals surface area contributed by atoms with Crippen molar-refractivity contribution in [3.63, 3.8) is 0 Å². The molecule has 0 saturated carbocycles. The van der Waals surface area contributed by atoms with E-state index in [1.165, 1.54) is 4.90 Å². The van der Waals surface area contributed by atoms with Gasteiger partial charge in [0.2, 0.25) is 11.8 Å². The van der Waals surface area contributed by atoms with Crippen molar-refractivity contribution >= 4 is 17.8 Å². The molecule has 3 heterocycles. The first-order valence-electron chi connectivity index (χ1n) is 9.78. The van der Waals surface area contributed by atoms with Gasteiger partial charge in [-0.25, -0.2) is 4.79 Å². The number of urea groups is 1. The second kappa shape index (κ2) is 8.58. The lowest BCUT2D eigenvalue weighted by Crippen LogP contribution is -2.56. The molecule has 1 aromatic rings. The summed E-state index contributed by atoms with van der Waals surface area (Å²) >= 11 is 0. The van der Waals surface area contributed by atoms with Gasteiger partial charge < -0.3 is 20.0 Å². The zero-order valence-electron chi connectivity index (χ0n) is 16.7. The van der Waals surface area contributed by atoms with E-state index in [0.717, 1.165) is 24.8 Å². The molecule has 1 spiro atoms. The Balaban J connectivity index is 1.62. The van der Waals surface area contributed by atoms with Crippen LogP contribution >= 0.6 is 0 Å². The van der Waals surface area contributed by atoms with Gasteiger partial charge in [-0.15, -0.1) is 0 Å². The Labute approximate surface area is 165 Å². The number of pyridine rings is 1. The predicted molar refractivity (Wildman–Crippen MR) is 104 cm³/mol. The maximum Gasteiger partial charge on any atom is 0.317 e. The second-order valence-corrected chi connectivity index (χ2v) is 8.08. The molecule has 2 aliphatic rings. The fourth-order valence-electron chi connectivity index (χ4n) is 4.13. The van der Waals surface area contributed by atoms with Crippen molar-refractivity contribution in [1.29, 1.82) is 0 Å². The van der Waals surface area contributed by atoms with Crippen LogP contribution in [0.1, 0.15) is 31.2 Å². The largest absolute Gasteiger partial charge is 0.341 e. The molecule has 2 aliphatic heterocycles. The Morgan fingerprint density at radius 3 is 2.68 bits per heavy atom. The van der Waals surface area contributed by atoms with Gasteiger partial charge >= 0.3 is 6.03 Å². The van der Waals surface area contributed by atoms with Crippen molar-refractivity contribution in [1.82, 2.24) is 25.0 Å². The molecular formula is C20H29N5O3. The molecule has 4 amide bonds. The van der Waals surface area contributed by atoms with Crippen LogP contribution in [0.5, 0.6) is 0 Å². The van der Waals surface area contributed by atoms with Crippen LogP contribution in [0.15, 0.2) is 24.5 Å². The third-order valence-electron chi connectivity index (χ3n) is 5.68. The van der Waals surface area contributed by atoms with E-state index in [-0.39, 0.29) is 29.8 Å². The summed E-state index contributed by atoms with van der Waals surface area (Å²) in [7, 11) is 3.29. The molecule has 1 aromatic heterocycles. The number of amides is 4. The van der Waals surface area contributed by atoms with Gasteiger partial charge in [-0.05, 0) is 37.0 Å². The van der Waals surface area contributed by atoms with Crippen LogP contribution in [0.3, 0.4) is 0 Å². The molecule has 0 radical (unpaired) electrons. The number of carbonyl (C=O) groups is 3. The molecule has 0 bridgehead atoms. The minimum atomic E-state index is -0.271. The van der Waals surface area contributed by atoms with Gasteiger partial charge in [0, 0.05) is 64.5 Å². The number of rotatable bonds is 4. The number of likely N-dealkylation sites (tertiary alicyclic amines) is 2. The van der Waals surface area contributed by atoms with Crippen LogP contribution in [-0.4, -0.2) is 77.8 Å². The van der Waals surface area contributed by atoms with Gasteiger partial charge in [0.15, 0.2) is 0 Å². The number of nitrogens with one attached hydrogen (secondary N) is 1. The molecule has 0 aromatic carbocycles. The van der Waals surface area contributed by atoms with Gasteiger partial charge in [0.25, 0.3) is 0 Å². The van der Waals surface area contributed by atoms with Crippen LogP contribution in [0.25, 0.3) is 0 Å². The minimum Gasteiger partial charge on any atom is -0.341 e. The highest BCUT2D eigenvalue weighted by Crippen LogP contribution is 2.39.